The Balaban J connectivity index is 1.72. The number of esters is 1. The number of rotatable bonds is 7. The van der Waals surface area contributed by atoms with Crippen LogP contribution in [0.2, 0.25) is 0 Å². The molecule has 0 heterocycles. The molecule has 0 unspecified atom stereocenters. The molecule has 0 aliphatic rings. The molecule has 0 saturated carbocycles. The summed E-state index contributed by atoms with van der Waals surface area (Å²) in [5.41, 5.74) is 0. The van der Waals surface area contributed by atoms with Crippen LogP contribution in [0.4, 0.5) is 0 Å². The number of carbonyl (C=O) groups excluding carboxylic acids is 3. The third kappa shape index (κ3) is 5.80. The lowest BCUT2D eigenvalue weighted by Crippen LogP contribution is -2.38. The summed E-state index contributed by atoms with van der Waals surface area (Å²) in [5.74, 6) is -0.924. The van der Waals surface area contributed by atoms with Crippen molar-refractivity contribution < 1.29 is 23.9 Å². The molecular formula is C18H20N2O5. The zero-order valence-electron chi connectivity index (χ0n) is 14.2. The van der Waals surface area contributed by atoms with Gasteiger partial charge >= 0.3 is 5.97 Å². The summed E-state index contributed by atoms with van der Waals surface area (Å²) in [6.07, 6.45) is 0. The molecule has 0 aromatic heterocycles. The first-order valence-corrected chi connectivity index (χ1v) is 7.70. The van der Waals surface area contributed by atoms with Gasteiger partial charge in [-0.3, -0.25) is 9.59 Å². The SMILES string of the molecule is CN(C)C(=O)CNC(=O)COC(=O)COc1ccc2ccccc2c1. The maximum Gasteiger partial charge on any atom is 0.344 e. The number of ether oxygens (including phenoxy) is 2. The van der Waals surface area contributed by atoms with E-state index in [4.69, 9.17) is 9.47 Å². The summed E-state index contributed by atoms with van der Waals surface area (Å²) in [5, 5.41) is 4.43. The molecule has 25 heavy (non-hydrogen) atoms. The second-order valence-electron chi connectivity index (χ2n) is 5.52. The monoisotopic (exact) mass is 344 g/mol. The van der Waals surface area contributed by atoms with Crippen LogP contribution in [0, 0.1) is 0 Å². The minimum atomic E-state index is -0.665. The zero-order valence-corrected chi connectivity index (χ0v) is 14.2. The van der Waals surface area contributed by atoms with Gasteiger partial charge in [-0.15, -0.1) is 0 Å². The summed E-state index contributed by atoms with van der Waals surface area (Å²) >= 11 is 0. The quantitative estimate of drug-likeness (QED) is 0.757. The lowest BCUT2D eigenvalue weighted by Gasteiger charge is -2.11. The van der Waals surface area contributed by atoms with Gasteiger partial charge < -0.3 is 19.7 Å². The first-order valence-electron chi connectivity index (χ1n) is 7.70. The highest BCUT2D eigenvalue weighted by molar-refractivity contribution is 5.86. The van der Waals surface area contributed by atoms with Gasteiger partial charge in [-0.05, 0) is 22.9 Å². The van der Waals surface area contributed by atoms with E-state index < -0.39 is 18.5 Å². The number of fused-ring (bicyclic) bond motifs is 1. The van der Waals surface area contributed by atoms with Crippen LogP contribution in [0.5, 0.6) is 5.75 Å². The van der Waals surface area contributed by atoms with E-state index in [-0.39, 0.29) is 19.1 Å². The topological polar surface area (TPSA) is 84.9 Å². The van der Waals surface area contributed by atoms with Gasteiger partial charge in [-0.25, -0.2) is 4.79 Å². The second-order valence-corrected chi connectivity index (χ2v) is 5.52. The van der Waals surface area contributed by atoms with Gasteiger partial charge in [-0.1, -0.05) is 30.3 Å². The molecule has 7 heteroatoms. The van der Waals surface area contributed by atoms with Crippen LogP contribution >= 0.6 is 0 Å². The Hall–Kier alpha value is -3.09. The number of hydrogen-bond donors (Lipinski definition) is 1. The summed E-state index contributed by atoms with van der Waals surface area (Å²) in [6.45, 7) is -0.903. The molecule has 2 rings (SSSR count). The van der Waals surface area contributed by atoms with Gasteiger partial charge in [0.05, 0.1) is 6.54 Å². The van der Waals surface area contributed by atoms with Crippen LogP contribution in [0.15, 0.2) is 42.5 Å². The standard InChI is InChI=1S/C18H20N2O5/c1-20(2)17(22)10-19-16(21)11-25-18(23)12-24-15-8-7-13-5-3-4-6-14(13)9-15/h3-9H,10-12H2,1-2H3,(H,19,21). The third-order valence-corrected chi connectivity index (χ3v) is 3.38. The number of carbonyl (C=O) groups is 3. The maximum absolute atomic E-state index is 11.6. The highest BCUT2D eigenvalue weighted by Gasteiger charge is 2.10. The van der Waals surface area contributed by atoms with Crippen LogP contribution in [-0.4, -0.2) is 56.5 Å². The average molecular weight is 344 g/mol. The number of amides is 2. The van der Waals surface area contributed by atoms with Crippen LogP contribution in [-0.2, 0) is 19.1 Å². The van der Waals surface area contributed by atoms with E-state index in [2.05, 4.69) is 5.32 Å². The average Bonchev–Trinajstić information content (AvgIpc) is 2.62. The predicted molar refractivity (Wildman–Crippen MR) is 92.1 cm³/mol. The van der Waals surface area contributed by atoms with Crippen LogP contribution in [0.1, 0.15) is 0 Å². The number of likely N-dealkylation sites (N-methyl/N-ethyl adjacent to an activating group) is 1. The Morgan fingerprint density at radius 1 is 1.00 bits per heavy atom. The van der Waals surface area contributed by atoms with Crippen molar-refractivity contribution in [3.63, 3.8) is 0 Å². The molecule has 0 spiro atoms. The molecule has 0 atom stereocenters. The van der Waals surface area contributed by atoms with Crippen molar-refractivity contribution in [2.45, 2.75) is 0 Å². The largest absolute Gasteiger partial charge is 0.482 e. The van der Waals surface area contributed by atoms with E-state index in [1.807, 2.05) is 36.4 Å². The molecule has 0 radical (unpaired) electrons. The number of hydrogen-bond acceptors (Lipinski definition) is 5. The Kier molecular flexibility index (Phi) is 6.33. The maximum atomic E-state index is 11.6. The molecule has 2 amide bonds. The van der Waals surface area contributed by atoms with Gasteiger partial charge in [0.1, 0.15) is 5.75 Å². The van der Waals surface area contributed by atoms with Crippen molar-refractivity contribution in [3.05, 3.63) is 42.5 Å². The van der Waals surface area contributed by atoms with Gasteiger partial charge in [0.2, 0.25) is 5.91 Å². The van der Waals surface area contributed by atoms with E-state index in [9.17, 15) is 14.4 Å². The Morgan fingerprint density at radius 3 is 2.44 bits per heavy atom. The van der Waals surface area contributed by atoms with Crippen molar-refractivity contribution >= 4 is 28.6 Å². The van der Waals surface area contributed by atoms with Crippen molar-refractivity contribution in [3.8, 4) is 5.75 Å². The summed E-state index contributed by atoms with van der Waals surface area (Å²) in [7, 11) is 3.16. The van der Waals surface area contributed by atoms with E-state index >= 15 is 0 Å². The molecule has 0 fully saturated rings. The highest BCUT2D eigenvalue weighted by atomic mass is 16.6. The third-order valence-electron chi connectivity index (χ3n) is 3.38. The van der Waals surface area contributed by atoms with Crippen LogP contribution < -0.4 is 10.1 Å². The minimum Gasteiger partial charge on any atom is -0.482 e. The lowest BCUT2D eigenvalue weighted by molar-refractivity contribution is -0.150. The Morgan fingerprint density at radius 2 is 1.72 bits per heavy atom. The first-order chi connectivity index (χ1) is 12.0. The fraction of sp³-hybridized carbons (Fsp3) is 0.278. The fourth-order valence-corrected chi connectivity index (χ4v) is 1.97. The van der Waals surface area contributed by atoms with Crippen molar-refractivity contribution in [1.29, 1.82) is 0 Å². The molecule has 2 aromatic carbocycles. The van der Waals surface area contributed by atoms with Gasteiger partial charge in [0.25, 0.3) is 5.91 Å². The smallest absolute Gasteiger partial charge is 0.344 e. The number of benzene rings is 2. The van der Waals surface area contributed by atoms with E-state index in [0.29, 0.717) is 5.75 Å². The van der Waals surface area contributed by atoms with Crippen LogP contribution in [0.25, 0.3) is 10.8 Å². The number of nitrogens with zero attached hydrogens (tertiary/aromatic N) is 1. The predicted octanol–water partition coefficient (Wildman–Crippen LogP) is 0.966. The molecule has 0 saturated heterocycles. The molecule has 0 bridgehead atoms. The van der Waals surface area contributed by atoms with Crippen molar-refractivity contribution in [1.82, 2.24) is 10.2 Å². The fourth-order valence-electron chi connectivity index (χ4n) is 1.97. The summed E-state index contributed by atoms with van der Waals surface area (Å²) in [4.78, 5) is 35.8. The molecule has 132 valence electrons. The Bertz CT molecular complexity index is 773. The second kappa shape index (κ2) is 8.68. The highest BCUT2D eigenvalue weighted by Crippen LogP contribution is 2.20. The molecule has 1 N–H and O–H groups in total. The van der Waals surface area contributed by atoms with Gasteiger partial charge in [0, 0.05) is 14.1 Å². The molecular weight excluding hydrogens is 324 g/mol. The van der Waals surface area contributed by atoms with E-state index in [1.165, 1.54) is 4.90 Å². The van der Waals surface area contributed by atoms with Crippen molar-refractivity contribution in [2.75, 3.05) is 33.9 Å². The van der Waals surface area contributed by atoms with Gasteiger partial charge in [0.15, 0.2) is 13.2 Å². The number of nitrogens with one attached hydrogen (secondary N) is 1. The molecule has 0 aliphatic heterocycles. The summed E-state index contributed by atoms with van der Waals surface area (Å²) < 4.78 is 10.2. The van der Waals surface area contributed by atoms with Crippen molar-refractivity contribution in [2.24, 2.45) is 0 Å². The summed E-state index contributed by atoms with van der Waals surface area (Å²) in [6, 6.07) is 13.3. The van der Waals surface area contributed by atoms with E-state index in [1.54, 1.807) is 20.2 Å². The molecule has 0 aliphatic carbocycles. The Labute approximate surface area is 145 Å². The zero-order chi connectivity index (χ0) is 18.2. The van der Waals surface area contributed by atoms with Gasteiger partial charge in [-0.2, -0.15) is 0 Å². The normalized spacial score (nSPS) is 10.2. The van der Waals surface area contributed by atoms with Crippen LogP contribution in [0.3, 0.4) is 0 Å². The molecule has 7 nitrogen and oxygen atoms in total. The first kappa shape index (κ1) is 18.3. The lowest BCUT2D eigenvalue weighted by atomic mass is 10.1. The minimum absolute atomic E-state index is 0.142. The van der Waals surface area contributed by atoms with E-state index in [0.717, 1.165) is 10.8 Å². The molecule has 2 aromatic rings.